The number of aliphatic hydroxyl groups excluding tert-OH is 1. The molecular formula is C12H19FN2O2. The van der Waals surface area contributed by atoms with Gasteiger partial charge in [-0.2, -0.15) is 0 Å². The van der Waals surface area contributed by atoms with Crippen molar-refractivity contribution in [2.24, 2.45) is 5.73 Å². The van der Waals surface area contributed by atoms with Gasteiger partial charge in [-0.3, -0.25) is 0 Å². The molecule has 0 aliphatic rings. The van der Waals surface area contributed by atoms with Gasteiger partial charge in [-0.05, 0) is 30.7 Å². The molecule has 0 aliphatic carbocycles. The molecule has 0 saturated carbocycles. The van der Waals surface area contributed by atoms with Crippen LogP contribution in [0, 0.1) is 5.82 Å². The van der Waals surface area contributed by atoms with Crippen molar-refractivity contribution in [1.29, 1.82) is 0 Å². The Kier molecular flexibility index (Phi) is 5.90. The number of nitrogens with one attached hydrogen (secondary N) is 1. The molecule has 1 aromatic carbocycles. The summed E-state index contributed by atoms with van der Waals surface area (Å²) in [5.74, 6) is -0.0962. The van der Waals surface area contributed by atoms with Gasteiger partial charge in [0.1, 0.15) is 0 Å². The van der Waals surface area contributed by atoms with Crippen molar-refractivity contribution in [3.8, 4) is 5.75 Å². The summed E-state index contributed by atoms with van der Waals surface area (Å²) in [6, 6.07) is 4.66. The average molecular weight is 242 g/mol. The smallest absolute Gasteiger partial charge is 0.165 e. The first-order valence-corrected chi connectivity index (χ1v) is 5.57. The molecule has 4 N–H and O–H groups in total. The van der Waals surface area contributed by atoms with Gasteiger partial charge in [0, 0.05) is 12.6 Å². The van der Waals surface area contributed by atoms with E-state index >= 15 is 0 Å². The van der Waals surface area contributed by atoms with Crippen molar-refractivity contribution >= 4 is 0 Å². The zero-order valence-corrected chi connectivity index (χ0v) is 9.95. The van der Waals surface area contributed by atoms with Gasteiger partial charge in [-0.1, -0.05) is 6.07 Å². The Bertz CT molecular complexity index is 347. The maximum absolute atomic E-state index is 13.3. The Morgan fingerprint density at radius 2 is 2.29 bits per heavy atom. The predicted octanol–water partition coefficient (Wildman–Crippen LogP) is 0.286. The number of methoxy groups -OCH3 is 1. The lowest BCUT2D eigenvalue weighted by Gasteiger charge is -2.10. The molecule has 4 nitrogen and oxygen atoms in total. The normalized spacial score (nSPS) is 12.5. The minimum Gasteiger partial charge on any atom is -0.494 e. The van der Waals surface area contributed by atoms with Crippen LogP contribution in [0.5, 0.6) is 5.75 Å². The van der Waals surface area contributed by atoms with Crippen LogP contribution in [0.2, 0.25) is 0 Å². The lowest BCUT2D eigenvalue weighted by Crippen LogP contribution is -2.37. The number of halogens is 1. The topological polar surface area (TPSA) is 67.5 Å². The summed E-state index contributed by atoms with van der Waals surface area (Å²) >= 11 is 0. The van der Waals surface area contributed by atoms with E-state index in [0.717, 1.165) is 5.56 Å². The minimum absolute atomic E-state index is 0.0375. The molecule has 0 saturated heterocycles. The molecule has 1 atom stereocenters. The van der Waals surface area contributed by atoms with Crippen molar-refractivity contribution in [1.82, 2.24) is 5.32 Å². The molecule has 96 valence electrons. The minimum atomic E-state index is -0.350. The van der Waals surface area contributed by atoms with E-state index in [1.54, 1.807) is 6.07 Å². The van der Waals surface area contributed by atoms with Crippen LogP contribution in [-0.2, 0) is 6.42 Å². The summed E-state index contributed by atoms with van der Waals surface area (Å²) in [5.41, 5.74) is 6.42. The SMILES string of the molecule is COc1ccc(CCNCC(N)CO)cc1F. The largest absolute Gasteiger partial charge is 0.494 e. The van der Waals surface area contributed by atoms with E-state index in [4.69, 9.17) is 15.6 Å². The van der Waals surface area contributed by atoms with Gasteiger partial charge in [-0.15, -0.1) is 0 Å². The highest BCUT2D eigenvalue weighted by molar-refractivity contribution is 5.29. The molecule has 5 heteroatoms. The van der Waals surface area contributed by atoms with E-state index in [1.807, 2.05) is 6.07 Å². The van der Waals surface area contributed by atoms with Crippen LogP contribution in [0.4, 0.5) is 4.39 Å². The molecule has 1 rings (SSSR count). The van der Waals surface area contributed by atoms with Crippen molar-refractivity contribution < 1.29 is 14.2 Å². The Morgan fingerprint density at radius 3 is 2.88 bits per heavy atom. The molecule has 0 spiro atoms. The molecule has 17 heavy (non-hydrogen) atoms. The summed E-state index contributed by atoms with van der Waals surface area (Å²) < 4.78 is 18.2. The van der Waals surface area contributed by atoms with Gasteiger partial charge < -0.3 is 20.9 Å². The Labute approximate surface area is 101 Å². The molecular weight excluding hydrogens is 223 g/mol. The summed E-state index contributed by atoms with van der Waals surface area (Å²) in [5, 5.41) is 11.8. The maximum atomic E-state index is 13.3. The number of rotatable bonds is 7. The summed E-state index contributed by atoms with van der Waals surface area (Å²) in [4.78, 5) is 0. The molecule has 0 aliphatic heterocycles. The fourth-order valence-corrected chi connectivity index (χ4v) is 1.45. The predicted molar refractivity (Wildman–Crippen MR) is 64.6 cm³/mol. The molecule has 0 bridgehead atoms. The van der Waals surface area contributed by atoms with E-state index in [2.05, 4.69) is 5.32 Å². The Hall–Kier alpha value is -1.17. The zero-order chi connectivity index (χ0) is 12.7. The molecule has 1 unspecified atom stereocenters. The summed E-state index contributed by atoms with van der Waals surface area (Å²) in [6.45, 7) is 1.21. The van der Waals surface area contributed by atoms with Gasteiger partial charge in [0.15, 0.2) is 11.6 Å². The number of nitrogens with two attached hydrogens (primary N) is 1. The van der Waals surface area contributed by atoms with Crippen molar-refractivity contribution in [3.05, 3.63) is 29.6 Å². The van der Waals surface area contributed by atoms with Crippen LogP contribution in [0.3, 0.4) is 0 Å². The Morgan fingerprint density at radius 1 is 1.53 bits per heavy atom. The summed E-state index contributed by atoms with van der Waals surface area (Å²) in [6.07, 6.45) is 0.707. The highest BCUT2D eigenvalue weighted by atomic mass is 19.1. The fourth-order valence-electron chi connectivity index (χ4n) is 1.45. The average Bonchev–Trinajstić information content (AvgIpc) is 2.34. The van der Waals surface area contributed by atoms with Crippen LogP contribution in [-0.4, -0.2) is 38.0 Å². The third-order valence-corrected chi connectivity index (χ3v) is 2.45. The second kappa shape index (κ2) is 7.21. The van der Waals surface area contributed by atoms with Gasteiger partial charge in [0.25, 0.3) is 0 Å². The molecule has 0 fully saturated rings. The van der Waals surface area contributed by atoms with Crippen molar-refractivity contribution in [3.63, 3.8) is 0 Å². The first kappa shape index (κ1) is 13.9. The van der Waals surface area contributed by atoms with Gasteiger partial charge in [0.2, 0.25) is 0 Å². The third-order valence-electron chi connectivity index (χ3n) is 2.45. The number of aliphatic hydroxyl groups is 1. The third kappa shape index (κ3) is 4.68. The quantitative estimate of drug-likeness (QED) is 0.601. The molecule has 0 radical (unpaired) electrons. The van der Waals surface area contributed by atoms with Crippen LogP contribution in [0.25, 0.3) is 0 Å². The first-order valence-electron chi connectivity index (χ1n) is 5.57. The summed E-state index contributed by atoms with van der Waals surface area (Å²) in [7, 11) is 1.44. The molecule has 1 aromatic rings. The van der Waals surface area contributed by atoms with Gasteiger partial charge in [-0.25, -0.2) is 4.39 Å². The lowest BCUT2D eigenvalue weighted by molar-refractivity contribution is 0.262. The second-order valence-corrected chi connectivity index (χ2v) is 3.87. The van der Waals surface area contributed by atoms with Crippen LogP contribution in [0.1, 0.15) is 5.56 Å². The van der Waals surface area contributed by atoms with Crippen LogP contribution in [0.15, 0.2) is 18.2 Å². The maximum Gasteiger partial charge on any atom is 0.165 e. The number of hydrogen-bond donors (Lipinski definition) is 3. The van der Waals surface area contributed by atoms with Crippen LogP contribution < -0.4 is 15.8 Å². The zero-order valence-electron chi connectivity index (χ0n) is 9.95. The van der Waals surface area contributed by atoms with E-state index in [0.29, 0.717) is 19.5 Å². The monoisotopic (exact) mass is 242 g/mol. The molecule has 0 heterocycles. The fraction of sp³-hybridized carbons (Fsp3) is 0.500. The van der Waals surface area contributed by atoms with E-state index in [9.17, 15) is 4.39 Å². The lowest BCUT2D eigenvalue weighted by atomic mass is 10.1. The number of ether oxygens (including phenoxy) is 1. The van der Waals surface area contributed by atoms with Crippen LogP contribution >= 0.6 is 0 Å². The van der Waals surface area contributed by atoms with E-state index in [-0.39, 0.29) is 24.2 Å². The van der Waals surface area contributed by atoms with Gasteiger partial charge >= 0.3 is 0 Å². The number of benzene rings is 1. The van der Waals surface area contributed by atoms with E-state index in [1.165, 1.54) is 13.2 Å². The second-order valence-electron chi connectivity index (χ2n) is 3.87. The highest BCUT2D eigenvalue weighted by Crippen LogP contribution is 2.17. The Balaban J connectivity index is 2.34. The number of hydrogen-bond acceptors (Lipinski definition) is 4. The van der Waals surface area contributed by atoms with Crippen molar-refractivity contribution in [2.45, 2.75) is 12.5 Å². The first-order chi connectivity index (χ1) is 8.17. The van der Waals surface area contributed by atoms with Gasteiger partial charge in [0.05, 0.1) is 13.7 Å². The standard InChI is InChI=1S/C12H19FN2O2/c1-17-12-3-2-9(6-11(12)13)4-5-15-7-10(14)8-16/h2-3,6,10,15-16H,4-5,7-8,14H2,1H3. The van der Waals surface area contributed by atoms with Crippen molar-refractivity contribution in [2.75, 3.05) is 26.8 Å². The highest BCUT2D eigenvalue weighted by Gasteiger charge is 2.03. The molecule has 0 amide bonds. The molecule has 0 aromatic heterocycles. The van der Waals surface area contributed by atoms with E-state index < -0.39 is 0 Å².